The van der Waals surface area contributed by atoms with Crippen LogP contribution in [0.1, 0.15) is 37.0 Å². The predicted molar refractivity (Wildman–Crippen MR) is 196 cm³/mol. The number of para-hydroxylation sites is 2. The molecule has 4 heteroatoms. The summed E-state index contributed by atoms with van der Waals surface area (Å²) in [5, 5.41) is 0. The molecule has 0 heterocycles. The number of nitrogens with zero attached hydrogens (tertiary/aromatic N) is 2. The highest BCUT2D eigenvalue weighted by molar-refractivity contribution is 5.85. The van der Waals surface area contributed by atoms with Crippen molar-refractivity contribution in [1.82, 2.24) is 0 Å². The molecule has 0 saturated heterocycles. The van der Waals surface area contributed by atoms with Crippen molar-refractivity contribution >= 4 is 40.1 Å². The number of esters is 1. The van der Waals surface area contributed by atoms with Gasteiger partial charge in [0.2, 0.25) is 0 Å². The van der Waals surface area contributed by atoms with Crippen LogP contribution in [0.15, 0.2) is 146 Å². The van der Waals surface area contributed by atoms with E-state index in [4.69, 9.17) is 4.74 Å². The van der Waals surface area contributed by atoms with Gasteiger partial charge in [-0.15, -0.1) is 0 Å². The van der Waals surface area contributed by atoms with E-state index in [0.29, 0.717) is 5.75 Å². The number of carbonyl (C=O) groups excluding carboxylic acids is 1. The van der Waals surface area contributed by atoms with Gasteiger partial charge in [0, 0.05) is 35.4 Å². The number of rotatable bonds is 10. The Morgan fingerprint density at radius 3 is 1.45 bits per heavy atom. The van der Waals surface area contributed by atoms with Crippen molar-refractivity contribution in [3.63, 3.8) is 0 Å². The van der Waals surface area contributed by atoms with Crippen LogP contribution in [-0.2, 0) is 11.2 Å². The van der Waals surface area contributed by atoms with Gasteiger partial charge in [0.25, 0.3) is 0 Å². The Labute approximate surface area is 278 Å². The van der Waals surface area contributed by atoms with Crippen molar-refractivity contribution in [2.24, 2.45) is 0 Å². The molecule has 0 aliphatic carbocycles. The van der Waals surface area contributed by atoms with E-state index in [9.17, 15) is 4.79 Å². The zero-order valence-corrected chi connectivity index (χ0v) is 27.5. The highest BCUT2D eigenvalue weighted by Crippen LogP contribution is 2.43. The lowest BCUT2D eigenvalue weighted by Gasteiger charge is -2.28. The van der Waals surface area contributed by atoms with Gasteiger partial charge in [-0.2, -0.15) is 0 Å². The molecule has 0 fully saturated rings. The quantitative estimate of drug-likeness (QED) is 0.113. The largest absolute Gasteiger partial charge is 0.424 e. The van der Waals surface area contributed by atoms with Gasteiger partial charge in [-0.05, 0) is 104 Å². The molecule has 0 atom stereocenters. The molecule has 0 amide bonds. The second-order valence-electron chi connectivity index (χ2n) is 11.9. The van der Waals surface area contributed by atoms with E-state index >= 15 is 0 Å². The molecule has 0 aromatic heterocycles. The average Bonchev–Trinajstić information content (AvgIpc) is 3.09. The SMILES string of the molecule is CCCc1cccc(N(c2ccc(C)cc2)c2ccc(-c3ccc(N(c4ccccc4)c4ccc(C)cc4)cc3)cc2)c1OC(C)=O. The van der Waals surface area contributed by atoms with Crippen LogP contribution in [0.5, 0.6) is 5.75 Å². The Bertz CT molecular complexity index is 1930. The van der Waals surface area contributed by atoms with Crippen molar-refractivity contribution in [3.05, 3.63) is 162 Å². The Hall–Kier alpha value is -5.61. The molecule has 0 unspecified atom stereocenters. The fraction of sp³-hybridized carbons (Fsp3) is 0.140. The molecular formula is C43H40N2O2. The molecule has 0 aliphatic rings. The summed E-state index contributed by atoms with van der Waals surface area (Å²) in [5.74, 6) is 0.282. The summed E-state index contributed by atoms with van der Waals surface area (Å²) < 4.78 is 5.89. The van der Waals surface area contributed by atoms with Crippen LogP contribution in [0.25, 0.3) is 11.1 Å². The number of hydrogen-bond donors (Lipinski definition) is 0. The maximum absolute atomic E-state index is 12.3. The maximum atomic E-state index is 12.3. The van der Waals surface area contributed by atoms with Gasteiger partial charge in [-0.25, -0.2) is 0 Å². The second kappa shape index (κ2) is 14.2. The van der Waals surface area contributed by atoms with Gasteiger partial charge >= 0.3 is 5.97 Å². The summed E-state index contributed by atoms with van der Waals surface area (Å²) in [5.41, 5.74) is 11.8. The number of hydrogen-bond acceptors (Lipinski definition) is 4. The maximum Gasteiger partial charge on any atom is 0.308 e. The number of carbonyl (C=O) groups is 1. The first-order chi connectivity index (χ1) is 22.9. The lowest BCUT2D eigenvalue weighted by atomic mass is 10.0. The van der Waals surface area contributed by atoms with Gasteiger partial charge < -0.3 is 14.5 Å². The molecule has 4 nitrogen and oxygen atoms in total. The van der Waals surface area contributed by atoms with Gasteiger partial charge in [-0.1, -0.05) is 103 Å². The highest BCUT2D eigenvalue weighted by atomic mass is 16.5. The topological polar surface area (TPSA) is 32.8 Å². The van der Waals surface area contributed by atoms with Crippen molar-refractivity contribution in [2.75, 3.05) is 9.80 Å². The minimum atomic E-state index is -0.328. The molecule has 0 radical (unpaired) electrons. The van der Waals surface area contributed by atoms with Gasteiger partial charge in [0.1, 0.15) is 0 Å². The smallest absolute Gasteiger partial charge is 0.308 e. The molecule has 47 heavy (non-hydrogen) atoms. The zero-order valence-electron chi connectivity index (χ0n) is 27.5. The summed E-state index contributed by atoms with van der Waals surface area (Å²) in [4.78, 5) is 16.7. The molecule has 6 aromatic carbocycles. The molecular weight excluding hydrogens is 576 g/mol. The third-order valence-corrected chi connectivity index (χ3v) is 8.26. The summed E-state index contributed by atoms with van der Waals surface area (Å²) in [6, 6.07) is 50.9. The third kappa shape index (κ3) is 7.13. The standard InChI is InChI=1S/C43H40N2O2/c1-5-10-36-11-9-14-42(43(36)47-33(4)46)45(40-25-17-32(3)18-26-40)41-29-21-35(22-30-41)34-19-27-39(28-20-34)44(37-12-7-6-8-13-37)38-23-15-31(2)16-24-38/h6-9,11-30H,5,10H2,1-4H3. The molecule has 6 aromatic rings. The molecule has 0 N–H and O–H groups in total. The van der Waals surface area contributed by atoms with E-state index in [1.807, 2.05) is 24.3 Å². The van der Waals surface area contributed by atoms with Crippen molar-refractivity contribution in [2.45, 2.75) is 40.5 Å². The van der Waals surface area contributed by atoms with Crippen LogP contribution in [0.2, 0.25) is 0 Å². The van der Waals surface area contributed by atoms with E-state index in [-0.39, 0.29) is 5.97 Å². The number of benzene rings is 6. The number of aryl methyl sites for hydroxylation is 3. The molecule has 0 saturated carbocycles. The Morgan fingerprint density at radius 1 is 0.532 bits per heavy atom. The van der Waals surface area contributed by atoms with E-state index in [2.05, 4.69) is 152 Å². The molecule has 234 valence electrons. The van der Waals surface area contributed by atoms with Crippen LogP contribution >= 0.6 is 0 Å². The zero-order chi connectivity index (χ0) is 32.8. The second-order valence-corrected chi connectivity index (χ2v) is 11.9. The minimum absolute atomic E-state index is 0.328. The van der Waals surface area contributed by atoms with Gasteiger partial charge in [0.05, 0.1) is 5.69 Å². The first-order valence-corrected chi connectivity index (χ1v) is 16.2. The Morgan fingerprint density at radius 2 is 0.979 bits per heavy atom. The summed E-state index contributed by atoms with van der Waals surface area (Å²) in [7, 11) is 0. The normalized spacial score (nSPS) is 10.8. The summed E-state index contributed by atoms with van der Waals surface area (Å²) in [6.45, 7) is 7.79. The van der Waals surface area contributed by atoms with Crippen LogP contribution in [0.3, 0.4) is 0 Å². The molecule has 0 bridgehead atoms. The van der Waals surface area contributed by atoms with Crippen molar-refractivity contribution in [3.8, 4) is 16.9 Å². The van der Waals surface area contributed by atoms with Crippen molar-refractivity contribution < 1.29 is 9.53 Å². The Kier molecular flexibility index (Phi) is 9.49. The van der Waals surface area contributed by atoms with Crippen molar-refractivity contribution in [1.29, 1.82) is 0 Å². The first-order valence-electron chi connectivity index (χ1n) is 16.2. The molecule has 0 aliphatic heterocycles. The summed E-state index contributed by atoms with van der Waals surface area (Å²) >= 11 is 0. The first kappa shape index (κ1) is 31.4. The van der Waals surface area contributed by atoms with Crippen LogP contribution in [-0.4, -0.2) is 5.97 Å². The molecule has 0 spiro atoms. The fourth-order valence-corrected chi connectivity index (χ4v) is 5.92. The Balaban J connectivity index is 1.36. The van der Waals surface area contributed by atoms with E-state index in [1.54, 1.807) is 0 Å². The monoisotopic (exact) mass is 616 g/mol. The average molecular weight is 617 g/mol. The number of ether oxygens (including phenoxy) is 1. The fourth-order valence-electron chi connectivity index (χ4n) is 5.92. The lowest BCUT2D eigenvalue weighted by Crippen LogP contribution is -2.14. The lowest BCUT2D eigenvalue weighted by molar-refractivity contribution is -0.131. The summed E-state index contributed by atoms with van der Waals surface area (Å²) in [6.07, 6.45) is 1.77. The number of anilines is 6. The predicted octanol–water partition coefficient (Wildman–Crippen LogP) is 11.8. The van der Waals surface area contributed by atoms with Crippen LogP contribution < -0.4 is 14.5 Å². The highest BCUT2D eigenvalue weighted by Gasteiger charge is 2.21. The minimum Gasteiger partial charge on any atom is -0.424 e. The van der Waals surface area contributed by atoms with Crippen LogP contribution in [0.4, 0.5) is 34.1 Å². The van der Waals surface area contributed by atoms with Gasteiger partial charge in [0.15, 0.2) is 5.75 Å². The van der Waals surface area contributed by atoms with Gasteiger partial charge in [-0.3, -0.25) is 4.79 Å². The van der Waals surface area contributed by atoms with E-state index < -0.39 is 0 Å². The van der Waals surface area contributed by atoms with E-state index in [1.165, 1.54) is 18.1 Å². The van der Waals surface area contributed by atoms with E-state index in [0.717, 1.165) is 63.7 Å². The third-order valence-electron chi connectivity index (χ3n) is 8.26. The van der Waals surface area contributed by atoms with Crippen LogP contribution in [0, 0.1) is 13.8 Å². The molecule has 6 rings (SSSR count).